The molecule has 3 aromatic rings. The molecule has 0 aliphatic rings. The van der Waals surface area contributed by atoms with E-state index in [9.17, 15) is 9.59 Å². The van der Waals surface area contributed by atoms with Crippen LogP contribution in [0, 0.1) is 0 Å². The quantitative estimate of drug-likeness (QED) is 0.606. The number of nitrogens with one attached hydrogen (secondary N) is 2. The van der Waals surface area contributed by atoms with Crippen molar-refractivity contribution < 1.29 is 9.59 Å². The van der Waals surface area contributed by atoms with Crippen molar-refractivity contribution in [2.75, 3.05) is 5.32 Å². The van der Waals surface area contributed by atoms with Crippen LogP contribution in [0.1, 0.15) is 33.6 Å². The van der Waals surface area contributed by atoms with Crippen LogP contribution in [0.4, 0.5) is 5.13 Å². The zero-order chi connectivity index (χ0) is 19.1. The number of hydrogen-bond acceptors (Lipinski definition) is 6. The Morgan fingerprint density at radius 2 is 1.93 bits per heavy atom. The number of carbonyl (C=O) groups is 2. The van der Waals surface area contributed by atoms with Gasteiger partial charge in [0.1, 0.15) is 11.0 Å². The van der Waals surface area contributed by atoms with Gasteiger partial charge >= 0.3 is 0 Å². The number of aryl methyl sites for hydroxylation is 1. The Morgan fingerprint density at radius 3 is 2.63 bits per heavy atom. The molecule has 1 atom stereocenters. The minimum atomic E-state index is -0.708. The predicted molar refractivity (Wildman–Crippen MR) is 108 cm³/mol. The van der Waals surface area contributed by atoms with Gasteiger partial charge in [0.05, 0.1) is 4.88 Å². The highest BCUT2D eigenvalue weighted by molar-refractivity contribution is 7.15. The highest BCUT2D eigenvalue weighted by atomic mass is 32.1. The van der Waals surface area contributed by atoms with Gasteiger partial charge in [0.2, 0.25) is 11.0 Å². The Hall–Kier alpha value is -2.58. The molecule has 0 fully saturated rings. The minimum absolute atomic E-state index is 0.259. The number of nitrogens with zero attached hydrogens (tertiary/aromatic N) is 2. The van der Waals surface area contributed by atoms with E-state index in [0.717, 1.165) is 23.4 Å². The van der Waals surface area contributed by atoms with E-state index in [1.165, 1.54) is 22.7 Å². The van der Waals surface area contributed by atoms with Crippen molar-refractivity contribution in [3.05, 3.63) is 63.3 Å². The molecule has 1 unspecified atom stereocenters. The number of aromatic nitrogens is 2. The molecule has 2 aromatic heterocycles. The summed E-state index contributed by atoms with van der Waals surface area (Å²) >= 11 is 2.70. The first kappa shape index (κ1) is 19.2. The Bertz CT molecular complexity index is 878. The Morgan fingerprint density at radius 1 is 1.11 bits per heavy atom. The third-order valence-corrected chi connectivity index (χ3v) is 5.58. The normalized spacial score (nSPS) is 11.7. The lowest BCUT2D eigenvalue weighted by atomic mass is 10.1. The molecular formula is C19H20N4O2S2. The van der Waals surface area contributed by atoms with Gasteiger partial charge < -0.3 is 5.32 Å². The van der Waals surface area contributed by atoms with E-state index >= 15 is 0 Å². The Kier molecular flexibility index (Phi) is 6.67. The highest BCUT2D eigenvalue weighted by Crippen LogP contribution is 2.17. The van der Waals surface area contributed by atoms with Gasteiger partial charge in [0.25, 0.3) is 5.91 Å². The van der Waals surface area contributed by atoms with Crippen molar-refractivity contribution in [1.29, 1.82) is 0 Å². The van der Waals surface area contributed by atoms with Crippen molar-refractivity contribution in [3.63, 3.8) is 0 Å². The van der Waals surface area contributed by atoms with E-state index < -0.39 is 6.04 Å². The largest absolute Gasteiger partial charge is 0.339 e. The molecular weight excluding hydrogens is 380 g/mol. The van der Waals surface area contributed by atoms with Crippen LogP contribution < -0.4 is 10.6 Å². The second-order valence-electron chi connectivity index (χ2n) is 5.93. The first-order valence-electron chi connectivity index (χ1n) is 8.67. The molecule has 0 saturated carbocycles. The van der Waals surface area contributed by atoms with Crippen LogP contribution in [0.25, 0.3) is 0 Å². The summed E-state index contributed by atoms with van der Waals surface area (Å²) in [4.78, 5) is 25.8. The summed E-state index contributed by atoms with van der Waals surface area (Å²) < 4.78 is 0. The van der Waals surface area contributed by atoms with Crippen molar-refractivity contribution in [3.8, 4) is 0 Å². The predicted octanol–water partition coefficient (Wildman–Crippen LogP) is 3.53. The third-order valence-electron chi connectivity index (χ3n) is 3.81. The molecule has 0 spiro atoms. The van der Waals surface area contributed by atoms with Crippen LogP contribution >= 0.6 is 22.7 Å². The molecule has 8 heteroatoms. The monoisotopic (exact) mass is 400 g/mol. The summed E-state index contributed by atoms with van der Waals surface area (Å²) in [5.74, 6) is -0.562. The second kappa shape index (κ2) is 9.38. The number of anilines is 1. The van der Waals surface area contributed by atoms with Crippen molar-refractivity contribution in [2.24, 2.45) is 0 Å². The topological polar surface area (TPSA) is 84.0 Å². The first-order chi connectivity index (χ1) is 13.2. The van der Waals surface area contributed by atoms with Crippen LogP contribution in [-0.2, 0) is 17.6 Å². The van der Waals surface area contributed by atoms with E-state index in [2.05, 4.69) is 27.8 Å². The smallest absolute Gasteiger partial charge is 0.262 e. The van der Waals surface area contributed by atoms with Gasteiger partial charge in [-0.05, 0) is 23.4 Å². The summed E-state index contributed by atoms with van der Waals surface area (Å²) in [6, 6.07) is 12.4. The van der Waals surface area contributed by atoms with E-state index in [1.54, 1.807) is 6.07 Å². The van der Waals surface area contributed by atoms with Crippen LogP contribution in [0.5, 0.6) is 0 Å². The van der Waals surface area contributed by atoms with Gasteiger partial charge in [-0.2, -0.15) is 0 Å². The summed E-state index contributed by atoms with van der Waals surface area (Å²) in [5.41, 5.74) is 0.966. The fourth-order valence-corrected chi connectivity index (χ4v) is 3.98. The number of benzene rings is 1. The second-order valence-corrected chi connectivity index (χ2v) is 7.94. The van der Waals surface area contributed by atoms with Crippen LogP contribution in [0.3, 0.4) is 0 Å². The van der Waals surface area contributed by atoms with E-state index in [-0.39, 0.29) is 11.8 Å². The molecule has 1 aromatic carbocycles. The van der Waals surface area contributed by atoms with E-state index in [1.807, 2.05) is 41.8 Å². The maximum absolute atomic E-state index is 12.8. The summed E-state index contributed by atoms with van der Waals surface area (Å²) in [6.45, 7) is 2.07. The zero-order valence-corrected chi connectivity index (χ0v) is 16.5. The van der Waals surface area contributed by atoms with Crippen molar-refractivity contribution in [1.82, 2.24) is 15.5 Å². The lowest BCUT2D eigenvalue weighted by Crippen LogP contribution is -2.45. The minimum Gasteiger partial charge on any atom is -0.339 e. The molecule has 0 radical (unpaired) electrons. The van der Waals surface area contributed by atoms with Gasteiger partial charge in [0, 0.05) is 12.8 Å². The average Bonchev–Trinajstić information content (AvgIpc) is 3.34. The molecule has 0 saturated heterocycles. The van der Waals surface area contributed by atoms with Gasteiger partial charge in [0.15, 0.2) is 0 Å². The van der Waals surface area contributed by atoms with Gasteiger partial charge in [-0.1, -0.05) is 54.7 Å². The van der Waals surface area contributed by atoms with Crippen LogP contribution in [0.15, 0.2) is 47.8 Å². The van der Waals surface area contributed by atoms with Gasteiger partial charge in [-0.25, -0.2) is 0 Å². The SMILES string of the molecule is CCCc1nnc(NC(=O)C(Cc2ccccc2)NC(=O)c2cccs2)s1. The number of carbonyl (C=O) groups excluding carboxylic acids is 2. The number of amides is 2. The fraction of sp³-hybridized carbons (Fsp3) is 0.263. The number of rotatable bonds is 8. The average molecular weight is 401 g/mol. The van der Waals surface area contributed by atoms with Crippen molar-refractivity contribution in [2.45, 2.75) is 32.2 Å². The molecule has 0 bridgehead atoms. The van der Waals surface area contributed by atoms with Crippen molar-refractivity contribution >= 4 is 39.6 Å². The number of hydrogen-bond donors (Lipinski definition) is 2. The third kappa shape index (κ3) is 5.45. The summed E-state index contributed by atoms with van der Waals surface area (Å²) in [5, 5.41) is 16.9. The molecule has 0 aliphatic heterocycles. The molecule has 6 nitrogen and oxygen atoms in total. The van der Waals surface area contributed by atoms with E-state index in [0.29, 0.717) is 16.4 Å². The lowest BCUT2D eigenvalue weighted by Gasteiger charge is -2.17. The first-order valence-corrected chi connectivity index (χ1v) is 10.4. The zero-order valence-electron chi connectivity index (χ0n) is 14.8. The standard InChI is InChI=1S/C19H20N4O2S2/c1-2-7-16-22-23-19(27-16)21-17(24)14(12-13-8-4-3-5-9-13)20-18(25)15-10-6-11-26-15/h3-6,8-11,14H,2,7,12H2,1H3,(H,20,25)(H,21,23,24). The highest BCUT2D eigenvalue weighted by Gasteiger charge is 2.23. The van der Waals surface area contributed by atoms with Crippen LogP contribution in [0.2, 0.25) is 0 Å². The van der Waals surface area contributed by atoms with E-state index in [4.69, 9.17) is 0 Å². The maximum atomic E-state index is 12.8. The summed E-state index contributed by atoms with van der Waals surface area (Å²) in [6.07, 6.45) is 2.19. The number of thiophene rings is 1. The molecule has 27 heavy (non-hydrogen) atoms. The van der Waals surface area contributed by atoms with Gasteiger partial charge in [-0.3, -0.25) is 14.9 Å². The van der Waals surface area contributed by atoms with Gasteiger partial charge in [-0.15, -0.1) is 21.5 Å². The Balaban J connectivity index is 1.72. The molecule has 140 valence electrons. The molecule has 0 aliphatic carbocycles. The Labute approximate surface area is 165 Å². The molecule has 2 amide bonds. The molecule has 2 N–H and O–H groups in total. The maximum Gasteiger partial charge on any atom is 0.262 e. The lowest BCUT2D eigenvalue weighted by molar-refractivity contribution is -0.118. The summed E-state index contributed by atoms with van der Waals surface area (Å²) in [7, 11) is 0. The van der Waals surface area contributed by atoms with Crippen LogP contribution in [-0.4, -0.2) is 28.1 Å². The molecule has 2 heterocycles. The molecule has 3 rings (SSSR count). The fourth-order valence-electron chi connectivity index (χ4n) is 2.51.